The van der Waals surface area contributed by atoms with E-state index in [0.717, 1.165) is 20.3 Å². The number of halogens is 1. The Morgan fingerprint density at radius 3 is 2.38 bits per heavy atom. The van der Waals surface area contributed by atoms with E-state index < -0.39 is 5.91 Å². The molecule has 11 heteroatoms. The topological polar surface area (TPSA) is 112 Å². The molecule has 0 fully saturated rings. The minimum atomic E-state index is -0.494. The first-order valence-electron chi connectivity index (χ1n) is 10.4. The predicted octanol–water partition coefficient (Wildman–Crippen LogP) is 2.16. The summed E-state index contributed by atoms with van der Waals surface area (Å²) in [6.07, 6.45) is 0. The fraction of sp³-hybridized carbons (Fsp3) is 0.217. The summed E-state index contributed by atoms with van der Waals surface area (Å²) in [5.74, 6) is -0.875. The Bertz CT molecular complexity index is 1460. The molecule has 0 bridgehead atoms. The third-order valence-corrected chi connectivity index (χ3v) is 6.05. The van der Waals surface area contributed by atoms with Gasteiger partial charge in [0.1, 0.15) is 17.2 Å². The molecule has 1 N–H and O–H groups in total. The molecule has 0 spiro atoms. The molecule has 0 aliphatic carbocycles. The van der Waals surface area contributed by atoms with E-state index in [1.54, 1.807) is 18.2 Å². The van der Waals surface area contributed by atoms with Gasteiger partial charge in [0.05, 0.1) is 28.7 Å². The van der Waals surface area contributed by atoms with Crippen molar-refractivity contribution in [1.29, 1.82) is 0 Å². The normalized spacial score (nSPS) is 10.9. The van der Waals surface area contributed by atoms with Crippen LogP contribution < -0.4 is 16.4 Å². The Hall–Kier alpha value is -3.99. The second-order valence-corrected chi connectivity index (χ2v) is 8.73. The number of carbonyl (C=O) groups is 1. The van der Waals surface area contributed by atoms with Gasteiger partial charge in [-0.3, -0.25) is 14.4 Å². The molecule has 0 atom stereocenters. The van der Waals surface area contributed by atoms with Crippen molar-refractivity contribution in [1.82, 2.24) is 29.9 Å². The number of nitrogens with zero attached hydrogens (tertiary/aromatic N) is 5. The van der Waals surface area contributed by atoms with E-state index >= 15 is 0 Å². The summed E-state index contributed by atoms with van der Waals surface area (Å²) < 4.78 is 15.5. The SMILES string of the molecule is Cc1nc(C)c(-c2ccc(=O)n(CCNC(=O)c3ccc(=O)n(Cc4ccc(F)cc4)n3)n2)s1. The number of hydrogen-bond donors (Lipinski definition) is 1. The van der Waals surface area contributed by atoms with Crippen LogP contribution in [0, 0.1) is 19.7 Å². The molecular formula is C23H21FN6O3S. The average molecular weight is 481 g/mol. The number of thiazole rings is 1. The van der Waals surface area contributed by atoms with Crippen molar-refractivity contribution in [3.8, 4) is 10.6 Å². The molecule has 9 nitrogen and oxygen atoms in total. The summed E-state index contributed by atoms with van der Waals surface area (Å²) in [6.45, 7) is 4.18. The number of aryl methyl sites for hydroxylation is 2. The smallest absolute Gasteiger partial charge is 0.271 e. The van der Waals surface area contributed by atoms with Crippen LogP contribution in [0.5, 0.6) is 0 Å². The number of rotatable bonds is 7. The number of aromatic nitrogens is 5. The zero-order valence-electron chi connectivity index (χ0n) is 18.5. The Morgan fingerprint density at radius 1 is 0.971 bits per heavy atom. The van der Waals surface area contributed by atoms with E-state index in [-0.39, 0.29) is 42.3 Å². The van der Waals surface area contributed by atoms with Crippen molar-refractivity contribution >= 4 is 17.2 Å². The van der Waals surface area contributed by atoms with Crippen molar-refractivity contribution in [3.63, 3.8) is 0 Å². The summed E-state index contributed by atoms with van der Waals surface area (Å²) in [5.41, 5.74) is 1.53. The second-order valence-electron chi connectivity index (χ2n) is 7.52. The molecule has 174 valence electrons. The van der Waals surface area contributed by atoms with Crippen LogP contribution in [-0.4, -0.2) is 37.0 Å². The molecule has 0 unspecified atom stereocenters. The van der Waals surface area contributed by atoms with Gasteiger partial charge in [-0.2, -0.15) is 10.2 Å². The lowest BCUT2D eigenvalue weighted by Gasteiger charge is -2.09. The average Bonchev–Trinajstić information content (AvgIpc) is 3.15. The highest BCUT2D eigenvalue weighted by Crippen LogP contribution is 2.27. The van der Waals surface area contributed by atoms with Gasteiger partial charge in [-0.25, -0.2) is 18.7 Å². The summed E-state index contributed by atoms with van der Waals surface area (Å²) in [4.78, 5) is 42.2. The van der Waals surface area contributed by atoms with E-state index in [4.69, 9.17) is 0 Å². The fourth-order valence-corrected chi connectivity index (χ4v) is 4.20. The molecule has 0 aliphatic rings. The highest BCUT2D eigenvalue weighted by Gasteiger charge is 2.12. The van der Waals surface area contributed by atoms with E-state index in [1.807, 2.05) is 13.8 Å². The van der Waals surface area contributed by atoms with E-state index in [2.05, 4.69) is 20.5 Å². The first-order chi connectivity index (χ1) is 16.3. The summed E-state index contributed by atoms with van der Waals surface area (Å²) in [5, 5.41) is 12.1. The van der Waals surface area contributed by atoms with Crippen LogP contribution in [0.15, 0.2) is 58.1 Å². The van der Waals surface area contributed by atoms with Crippen molar-refractivity contribution in [3.05, 3.63) is 97.0 Å². The molecule has 4 aromatic rings. The summed E-state index contributed by atoms with van der Waals surface area (Å²) in [6, 6.07) is 11.4. The van der Waals surface area contributed by atoms with Crippen LogP contribution in [0.25, 0.3) is 10.6 Å². The van der Waals surface area contributed by atoms with Gasteiger partial charge in [-0.1, -0.05) is 12.1 Å². The maximum absolute atomic E-state index is 13.1. The van der Waals surface area contributed by atoms with Gasteiger partial charge in [0.2, 0.25) is 0 Å². The second kappa shape index (κ2) is 9.87. The van der Waals surface area contributed by atoms with Crippen molar-refractivity contribution in [2.45, 2.75) is 26.9 Å². The molecule has 0 saturated heterocycles. The standard InChI is InChI=1S/C23H21FN6O3S/c1-14-22(34-15(2)26-14)18-7-9-20(31)29(27-18)12-11-25-23(33)19-8-10-21(32)30(28-19)13-16-3-5-17(24)6-4-16/h3-10H,11-13H2,1-2H3,(H,25,33). The van der Waals surface area contributed by atoms with Gasteiger partial charge < -0.3 is 5.32 Å². The molecule has 0 radical (unpaired) electrons. The van der Waals surface area contributed by atoms with E-state index in [1.165, 1.54) is 46.4 Å². The molecule has 4 rings (SSSR count). The fourth-order valence-electron chi connectivity index (χ4n) is 3.31. The minimum Gasteiger partial charge on any atom is -0.349 e. The van der Waals surface area contributed by atoms with Gasteiger partial charge in [0.15, 0.2) is 0 Å². The number of carbonyl (C=O) groups excluding carboxylic acids is 1. The summed E-state index contributed by atoms with van der Waals surface area (Å²) in [7, 11) is 0. The number of amides is 1. The maximum atomic E-state index is 13.1. The predicted molar refractivity (Wildman–Crippen MR) is 125 cm³/mol. The Kier molecular flexibility index (Phi) is 6.73. The van der Waals surface area contributed by atoms with Crippen LogP contribution in [0.2, 0.25) is 0 Å². The Balaban J connectivity index is 1.43. The zero-order chi connectivity index (χ0) is 24.2. The zero-order valence-corrected chi connectivity index (χ0v) is 19.3. The monoisotopic (exact) mass is 480 g/mol. The van der Waals surface area contributed by atoms with Gasteiger partial charge in [0, 0.05) is 18.7 Å². The number of hydrogen-bond acceptors (Lipinski definition) is 7. The maximum Gasteiger partial charge on any atom is 0.271 e. The molecule has 0 saturated carbocycles. The lowest BCUT2D eigenvalue weighted by Crippen LogP contribution is -2.34. The van der Waals surface area contributed by atoms with Gasteiger partial charge in [-0.05, 0) is 43.7 Å². The Morgan fingerprint density at radius 2 is 1.68 bits per heavy atom. The first kappa shape index (κ1) is 23.2. The van der Waals surface area contributed by atoms with Crippen molar-refractivity contribution in [2.75, 3.05) is 6.54 Å². The number of benzene rings is 1. The van der Waals surface area contributed by atoms with Crippen LogP contribution in [0.3, 0.4) is 0 Å². The first-order valence-corrected chi connectivity index (χ1v) is 11.3. The van der Waals surface area contributed by atoms with Crippen molar-refractivity contribution in [2.24, 2.45) is 0 Å². The number of nitrogens with one attached hydrogen (secondary N) is 1. The van der Waals surface area contributed by atoms with Crippen LogP contribution in [0.1, 0.15) is 26.8 Å². The highest BCUT2D eigenvalue weighted by atomic mass is 32.1. The highest BCUT2D eigenvalue weighted by molar-refractivity contribution is 7.15. The van der Waals surface area contributed by atoms with Crippen LogP contribution in [-0.2, 0) is 13.1 Å². The molecule has 34 heavy (non-hydrogen) atoms. The lowest BCUT2D eigenvalue weighted by molar-refractivity contribution is 0.0944. The minimum absolute atomic E-state index is 0.0477. The Labute approximate surface area is 197 Å². The largest absolute Gasteiger partial charge is 0.349 e. The summed E-state index contributed by atoms with van der Waals surface area (Å²) >= 11 is 1.50. The molecule has 1 aromatic carbocycles. The van der Waals surface area contributed by atoms with Crippen LogP contribution >= 0.6 is 11.3 Å². The van der Waals surface area contributed by atoms with E-state index in [9.17, 15) is 18.8 Å². The van der Waals surface area contributed by atoms with E-state index in [0.29, 0.717) is 11.3 Å². The van der Waals surface area contributed by atoms with Gasteiger partial charge in [0.25, 0.3) is 17.0 Å². The molecule has 3 heterocycles. The molecule has 3 aromatic heterocycles. The molecule has 0 aliphatic heterocycles. The molecule has 1 amide bonds. The quantitative estimate of drug-likeness (QED) is 0.434. The van der Waals surface area contributed by atoms with Gasteiger partial charge in [-0.15, -0.1) is 11.3 Å². The van der Waals surface area contributed by atoms with Crippen molar-refractivity contribution < 1.29 is 9.18 Å². The molecular weight excluding hydrogens is 459 g/mol. The third kappa shape index (κ3) is 5.31. The third-order valence-electron chi connectivity index (χ3n) is 4.96. The van der Waals surface area contributed by atoms with Gasteiger partial charge >= 0.3 is 0 Å². The lowest BCUT2D eigenvalue weighted by atomic mass is 10.2. The van der Waals surface area contributed by atoms with Crippen LogP contribution in [0.4, 0.5) is 4.39 Å².